The van der Waals surface area contributed by atoms with Gasteiger partial charge in [0.2, 0.25) is 6.43 Å². The van der Waals surface area contributed by atoms with E-state index in [0.29, 0.717) is 0 Å². The van der Waals surface area contributed by atoms with E-state index in [4.69, 9.17) is 21.8 Å². The smallest absolute Gasteiger partial charge is 0.304 e. The van der Waals surface area contributed by atoms with E-state index in [1.807, 2.05) is 0 Å². The molecule has 6 heteroatoms. The number of carboxylic acids is 1. The second kappa shape index (κ2) is 5.12. The van der Waals surface area contributed by atoms with Crippen LogP contribution in [0.2, 0.25) is 5.02 Å². The summed E-state index contributed by atoms with van der Waals surface area (Å²) in [6, 6.07) is 3.55. The molecule has 0 spiro atoms. The molecule has 0 saturated carbocycles. The van der Waals surface area contributed by atoms with E-state index in [1.165, 1.54) is 6.07 Å². The molecule has 2 N–H and O–H groups in total. The average Bonchev–Trinajstić information content (AvgIpc) is 2.18. The number of aliphatic carboxylic acids is 1. The zero-order valence-electron chi connectivity index (χ0n) is 8.03. The van der Waals surface area contributed by atoms with E-state index in [-0.39, 0.29) is 16.3 Å². The van der Waals surface area contributed by atoms with Gasteiger partial charge in [-0.2, -0.15) is 0 Å². The quantitative estimate of drug-likeness (QED) is 0.864. The van der Waals surface area contributed by atoms with Crippen LogP contribution in [0.5, 0.6) is 5.75 Å². The molecule has 0 aliphatic carbocycles. The van der Waals surface area contributed by atoms with Crippen molar-refractivity contribution in [2.24, 2.45) is 0 Å². The van der Waals surface area contributed by atoms with Crippen LogP contribution in [-0.2, 0) is 4.79 Å². The van der Waals surface area contributed by atoms with Crippen molar-refractivity contribution in [1.82, 2.24) is 0 Å². The van der Waals surface area contributed by atoms with E-state index >= 15 is 0 Å². The molecular weight excluding hydrogens is 242 g/mol. The van der Waals surface area contributed by atoms with Gasteiger partial charge in [-0.1, -0.05) is 17.7 Å². The summed E-state index contributed by atoms with van der Waals surface area (Å²) in [4.78, 5) is 10.4. The van der Waals surface area contributed by atoms with Gasteiger partial charge in [0, 0.05) is 0 Å². The minimum Gasteiger partial charge on any atom is -0.506 e. The lowest BCUT2D eigenvalue weighted by molar-refractivity contribution is -0.138. The zero-order chi connectivity index (χ0) is 12.3. The highest BCUT2D eigenvalue weighted by molar-refractivity contribution is 6.32. The highest BCUT2D eigenvalue weighted by atomic mass is 35.5. The third kappa shape index (κ3) is 3.06. The van der Waals surface area contributed by atoms with E-state index < -0.39 is 24.7 Å². The van der Waals surface area contributed by atoms with Crippen molar-refractivity contribution >= 4 is 17.6 Å². The first-order valence-electron chi connectivity index (χ1n) is 4.40. The molecule has 1 aromatic rings. The number of phenols is 1. The van der Waals surface area contributed by atoms with Crippen LogP contribution < -0.4 is 0 Å². The predicted octanol–water partition coefficient (Wildman–Crippen LogP) is 2.87. The van der Waals surface area contributed by atoms with Crippen LogP contribution in [0.3, 0.4) is 0 Å². The molecule has 0 saturated heterocycles. The summed E-state index contributed by atoms with van der Waals surface area (Å²) in [5, 5.41) is 17.5. The van der Waals surface area contributed by atoms with E-state index in [9.17, 15) is 13.6 Å². The summed E-state index contributed by atoms with van der Waals surface area (Å²) >= 11 is 5.56. The monoisotopic (exact) mass is 250 g/mol. The fraction of sp³-hybridized carbons (Fsp3) is 0.300. The lowest BCUT2D eigenvalue weighted by Gasteiger charge is -2.14. The van der Waals surface area contributed by atoms with Gasteiger partial charge in [-0.25, -0.2) is 8.78 Å². The molecule has 3 nitrogen and oxygen atoms in total. The molecule has 88 valence electrons. The van der Waals surface area contributed by atoms with Gasteiger partial charge in [0.15, 0.2) is 0 Å². The largest absolute Gasteiger partial charge is 0.506 e. The topological polar surface area (TPSA) is 57.5 Å². The minimum atomic E-state index is -2.79. The molecule has 0 radical (unpaired) electrons. The Morgan fingerprint density at radius 3 is 2.50 bits per heavy atom. The Labute approximate surface area is 95.3 Å². The number of carboxylic acid groups (broad SMARTS) is 1. The van der Waals surface area contributed by atoms with E-state index in [0.717, 1.165) is 12.1 Å². The van der Waals surface area contributed by atoms with Crippen LogP contribution >= 0.6 is 11.6 Å². The summed E-state index contributed by atoms with van der Waals surface area (Å²) in [6.45, 7) is 0. The van der Waals surface area contributed by atoms with Crippen LogP contribution in [-0.4, -0.2) is 22.6 Å². The normalized spacial score (nSPS) is 12.8. The second-order valence-corrected chi connectivity index (χ2v) is 3.66. The predicted molar refractivity (Wildman–Crippen MR) is 54.1 cm³/mol. The summed E-state index contributed by atoms with van der Waals surface area (Å²) in [7, 11) is 0. The van der Waals surface area contributed by atoms with Crippen molar-refractivity contribution in [3.63, 3.8) is 0 Å². The molecule has 1 rings (SSSR count). The van der Waals surface area contributed by atoms with Crippen LogP contribution in [0.1, 0.15) is 17.9 Å². The Balaban J connectivity index is 3.01. The molecule has 0 aliphatic rings. The van der Waals surface area contributed by atoms with Gasteiger partial charge in [0.1, 0.15) is 5.75 Å². The minimum absolute atomic E-state index is 0.0754. The number of carbonyl (C=O) groups is 1. The fourth-order valence-corrected chi connectivity index (χ4v) is 1.48. The molecule has 0 fully saturated rings. The summed E-state index contributed by atoms with van der Waals surface area (Å²) in [5.74, 6) is -2.96. The van der Waals surface area contributed by atoms with Crippen molar-refractivity contribution in [2.75, 3.05) is 0 Å². The van der Waals surface area contributed by atoms with Crippen LogP contribution in [0.15, 0.2) is 18.2 Å². The molecule has 0 aromatic heterocycles. The maximum absolute atomic E-state index is 12.6. The number of phenolic OH excluding ortho intramolecular Hbond substituents is 1. The van der Waals surface area contributed by atoms with Gasteiger partial charge < -0.3 is 10.2 Å². The van der Waals surface area contributed by atoms with Crippen LogP contribution in [0, 0.1) is 0 Å². The first kappa shape index (κ1) is 12.7. The summed E-state index contributed by atoms with van der Waals surface area (Å²) in [6.07, 6.45) is -3.48. The van der Waals surface area contributed by atoms with E-state index in [1.54, 1.807) is 0 Å². The van der Waals surface area contributed by atoms with Gasteiger partial charge in [-0.15, -0.1) is 0 Å². The van der Waals surface area contributed by atoms with Gasteiger partial charge in [0.05, 0.1) is 17.4 Å². The molecule has 16 heavy (non-hydrogen) atoms. The lowest BCUT2D eigenvalue weighted by atomic mass is 9.96. The summed E-state index contributed by atoms with van der Waals surface area (Å²) in [5.41, 5.74) is 0.0974. The Kier molecular flexibility index (Phi) is 4.06. The number of alkyl halides is 2. The van der Waals surface area contributed by atoms with E-state index in [2.05, 4.69) is 0 Å². The number of rotatable bonds is 4. The number of aromatic hydroxyl groups is 1. The van der Waals surface area contributed by atoms with Crippen molar-refractivity contribution in [1.29, 1.82) is 0 Å². The fourth-order valence-electron chi connectivity index (χ4n) is 1.29. The Hall–Kier alpha value is -1.36. The number of benzene rings is 1. The van der Waals surface area contributed by atoms with Crippen molar-refractivity contribution < 1.29 is 23.8 Å². The maximum atomic E-state index is 12.6. The lowest BCUT2D eigenvalue weighted by Crippen LogP contribution is -2.14. The third-order valence-corrected chi connectivity index (χ3v) is 2.40. The first-order valence-corrected chi connectivity index (χ1v) is 4.78. The molecule has 0 amide bonds. The molecule has 1 atom stereocenters. The molecule has 0 heterocycles. The Morgan fingerprint density at radius 1 is 1.44 bits per heavy atom. The molecular formula is C10H9ClF2O3. The zero-order valence-corrected chi connectivity index (χ0v) is 8.79. The summed E-state index contributed by atoms with van der Waals surface area (Å²) < 4.78 is 25.2. The average molecular weight is 251 g/mol. The van der Waals surface area contributed by atoms with Gasteiger partial charge in [-0.3, -0.25) is 4.79 Å². The molecule has 0 aliphatic heterocycles. The maximum Gasteiger partial charge on any atom is 0.304 e. The third-order valence-electron chi connectivity index (χ3n) is 2.10. The van der Waals surface area contributed by atoms with Crippen molar-refractivity contribution in [3.8, 4) is 5.75 Å². The molecule has 0 bridgehead atoms. The standard InChI is InChI=1S/C10H9ClF2O3/c11-7-3-5(1-2-8(7)14)6(10(12)13)4-9(15)16/h1-3,6,10,14H,4H2,(H,15,16). The highest BCUT2D eigenvalue weighted by Gasteiger charge is 2.25. The van der Waals surface area contributed by atoms with Crippen molar-refractivity contribution in [2.45, 2.75) is 18.8 Å². The van der Waals surface area contributed by atoms with Gasteiger partial charge >= 0.3 is 5.97 Å². The van der Waals surface area contributed by atoms with Crippen LogP contribution in [0.4, 0.5) is 8.78 Å². The number of hydrogen-bond acceptors (Lipinski definition) is 2. The highest BCUT2D eigenvalue weighted by Crippen LogP contribution is 2.32. The molecule has 1 aromatic carbocycles. The SMILES string of the molecule is O=C(O)CC(c1ccc(O)c(Cl)c1)C(F)F. The first-order chi connectivity index (χ1) is 7.41. The second-order valence-electron chi connectivity index (χ2n) is 3.25. The number of hydrogen-bond donors (Lipinski definition) is 2. The van der Waals surface area contributed by atoms with Crippen molar-refractivity contribution in [3.05, 3.63) is 28.8 Å². The van der Waals surface area contributed by atoms with Crippen LogP contribution in [0.25, 0.3) is 0 Å². The number of halogens is 3. The Morgan fingerprint density at radius 2 is 2.06 bits per heavy atom. The Bertz CT molecular complexity index is 396. The van der Waals surface area contributed by atoms with Gasteiger partial charge in [-0.05, 0) is 17.7 Å². The van der Waals surface area contributed by atoms with Gasteiger partial charge in [0.25, 0.3) is 0 Å². The molecule has 1 unspecified atom stereocenters.